The van der Waals surface area contributed by atoms with Gasteiger partial charge < -0.3 is 15.4 Å². The number of amides is 1. The van der Waals surface area contributed by atoms with Crippen molar-refractivity contribution in [2.75, 3.05) is 6.54 Å². The highest BCUT2D eigenvalue weighted by molar-refractivity contribution is 5.68. The molecule has 2 aliphatic carbocycles. The molecule has 2 fully saturated rings. The fraction of sp³-hybridized carbons (Fsp3) is 0.941. The van der Waals surface area contributed by atoms with Crippen LogP contribution in [0.3, 0.4) is 0 Å². The highest BCUT2D eigenvalue weighted by Gasteiger charge is 2.58. The van der Waals surface area contributed by atoms with Crippen LogP contribution in [0.1, 0.15) is 66.7 Å². The fourth-order valence-electron chi connectivity index (χ4n) is 3.55. The topological polar surface area (TPSA) is 50.4 Å². The Kier molecular flexibility index (Phi) is 4.86. The number of hydrogen-bond donors (Lipinski definition) is 2. The van der Waals surface area contributed by atoms with Gasteiger partial charge in [0.05, 0.1) is 0 Å². The third-order valence-corrected chi connectivity index (χ3v) is 4.95. The molecule has 0 aromatic heterocycles. The summed E-state index contributed by atoms with van der Waals surface area (Å²) < 4.78 is 5.38. The summed E-state index contributed by atoms with van der Waals surface area (Å²) >= 11 is 0. The molecule has 0 radical (unpaired) electrons. The maximum absolute atomic E-state index is 11.9. The van der Waals surface area contributed by atoms with E-state index in [1.165, 1.54) is 25.7 Å². The molecule has 2 rings (SSSR count). The molecule has 0 aliphatic heterocycles. The highest BCUT2D eigenvalue weighted by atomic mass is 16.6. The number of hydrogen-bond acceptors (Lipinski definition) is 3. The van der Waals surface area contributed by atoms with Gasteiger partial charge in [0, 0.05) is 17.5 Å². The maximum atomic E-state index is 11.9. The largest absolute Gasteiger partial charge is 0.444 e. The second-order valence-electron chi connectivity index (χ2n) is 8.21. The molecule has 4 heteroatoms. The molecule has 2 aliphatic rings. The van der Waals surface area contributed by atoms with Crippen LogP contribution in [0.5, 0.6) is 0 Å². The third-order valence-electron chi connectivity index (χ3n) is 4.95. The summed E-state index contributed by atoms with van der Waals surface area (Å²) in [5.74, 6) is 0.741. The minimum Gasteiger partial charge on any atom is -0.444 e. The van der Waals surface area contributed by atoms with Crippen LogP contribution in [0.15, 0.2) is 0 Å². The molecule has 2 unspecified atom stereocenters. The number of carbonyl (C=O) groups excluding carboxylic acids is 1. The zero-order valence-corrected chi connectivity index (χ0v) is 14.3. The first-order valence-electron chi connectivity index (χ1n) is 8.46. The molecule has 122 valence electrons. The Morgan fingerprint density at radius 2 is 1.95 bits per heavy atom. The van der Waals surface area contributed by atoms with Crippen molar-refractivity contribution in [1.29, 1.82) is 0 Å². The molecule has 2 N–H and O–H groups in total. The molecule has 0 bridgehead atoms. The van der Waals surface area contributed by atoms with Gasteiger partial charge in [-0.3, -0.25) is 0 Å². The normalized spacial score (nSPS) is 27.1. The maximum Gasteiger partial charge on any atom is 0.407 e. The number of rotatable bonds is 5. The lowest BCUT2D eigenvalue weighted by atomic mass is 9.50. The molecule has 0 saturated heterocycles. The Hall–Kier alpha value is -0.770. The molecule has 21 heavy (non-hydrogen) atoms. The van der Waals surface area contributed by atoms with Crippen LogP contribution < -0.4 is 10.6 Å². The van der Waals surface area contributed by atoms with Crippen molar-refractivity contribution in [2.24, 2.45) is 11.3 Å². The summed E-state index contributed by atoms with van der Waals surface area (Å²) in [4.78, 5) is 11.9. The third kappa shape index (κ3) is 3.91. The first-order valence-corrected chi connectivity index (χ1v) is 8.46. The Labute approximate surface area is 129 Å². The van der Waals surface area contributed by atoms with Crippen molar-refractivity contribution in [2.45, 2.75) is 84.4 Å². The van der Waals surface area contributed by atoms with E-state index in [0.717, 1.165) is 18.9 Å². The first-order chi connectivity index (χ1) is 9.73. The average Bonchev–Trinajstić information content (AvgIpc) is 2.20. The van der Waals surface area contributed by atoms with Gasteiger partial charge in [-0.15, -0.1) is 0 Å². The fourth-order valence-corrected chi connectivity index (χ4v) is 3.55. The molecule has 4 nitrogen and oxygen atoms in total. The summed E-state index contributed by atoms with van der Waals surface area (Å²) in [6.45, 7) is 11.3. The van der Waals surface area contributed by atoms with E-state index in [1.54, 1.807) is 0 Å². The Bertz CT molecular complexity index is 369. The van der Waals surface area contributed by atoms with Gasteiger partial charge in [0.1, 0.15) is 5.60 Å². The van der Waals surface area contributed by atoms with Gasteiger partial charge in [0.2, 0.25) is 0 Å². The summed E-state index contributed by atoms with van der Waals surface area (Å²) in [6.07, 6.45) is 5.74. The van der Waals surface area contributed by atoms with Crippen LogP contribution in [0.2, 0.25) is 0 Å². The van der Waals surface area contributed by atoms with E-state index in [9.17, 15) is 4.79 Å². The molecule has 1 spiro atoms. The average molecular weight is 296 g/mol. The number of nitrogens with one attached hydrogen (secondary N) is 2. The van der Waals surface area contributed by atoms with Crippen LogP contribution in [0.4, 0.5) is 4.79 Å². The molecule has 0 heterocycles. The van der Waals surface area contributed by atoms with Crippen molar-refractivity contribution in [3.63, 3.8) is 0 Å². The zero-order valence-electron chi connectivity index (χ0n) is 14.3. The summed E-state index contributed by atoms with van der Waals surface area (Å²) in [6, 6.07) is 0.864. The number of carbonyl (C=O) groups is 1. The van der Waals surface area contributed by atoms with E-state index < -0.39 is 5.60 Å². The van der Waals surface area contributed by atoms with Crippen molar-refractivity contribution in [3.05, 3.63) is 0 Å². The Balaban J connectivity index is 1.80. The monoisotopic (exact) mass is 296 g/mol. The van der Waals surface area contributed by atoms with Crippen molar-refractivity contribution in [3.8, 4) is 0 Å². The van der Waals surface area contributed by atoms with Crippen molar-refractivity contribution < 1.29 is 9.53 Å². The van der Waals surface area contributed by atoms with Gasteiger partial charge in [-0.2, -0.15) is 0 Å². The van der Waals surface area contributed by atoms with Gasteiger partial charge in [-0.25, -0.2) is 4.79 Å². The second-order valence-corrected chi connectivity index (χ2v) is 8.21. The van der Waals surface area contributed by atoms with E-state index in [1.807, 2.05) is 20.8 Å². The summed E-state index contributed by atoms with van der Waals surface area (Å²) in [5, 5.41) is 6.80. The van der Waals surface area contributed by atoms with Gasteiger partial charge >= 0.3 is 6.09 Å². The second kappa shape index (κ2) is 6.15. The number of ether oxygens (including phenoxy) is 1. The smallest absolute Gasteiger partial charge is 0.407 e. The van der Waals surface area contributed by atoms with Gasteiger partial charge in [0.25, 0.3) is 0 Å². The zero-order chi connectivity index (χ0) is 15.7. The van der Waals surface area contributed by atoms with E-state index in [0.29, 0.717) is 11.5 Å². The van der Waals surface area contributed by atoms with E-state index in [-0.39, 0.29) is 12.1 Å². The van der Waals surface area contributed by atoms with Crippen LogP contribution in [0.25, 0.3) is 0 Å². The lowest BCUT2D eigenvalue weighted by Crippen LogP contribution is -2.71. The van der Waals surface area contributed by atoms with E-state index in [2.05, 4.69) is 24.5 Å². The van der Waals surface area contributed by atoms with Gasteiger partial charge in [0.15, 0.2) is 0 Å². The Morgan fingerprint density at radius 1 is 1.29 bits per heavy atom. The standard InChI is InChI=1S/C17H32N2O2/c1-12(2)7-10-18-13-11-14(17(13)8-6-9-17)19-15(20)21-16(3,4)5/h12-14,18H,6-11H2,1-5H3,(H,19,20). The van der Waals surface area contributed by atoms with Crippen LogP contribution in [-0.2, 0) is 4.74 Å². The number of alkyl carbamates (subject to hydrolysis) is 1. The first kappa shape index (κ1) is 16.6. The minimum absolute atomic E-state index is 0.264. The van der Waals surface area contributed by atoms with Gasteiger partial charge in [-0.05, 0) is 58.9 Å². The summed E-state index contributed by atoms with van der Waals surface area (Å²) in [5.41, 5.74) is -0.122. The van der Waals surface area contributed by atoms with Crippen LogP contribution in [0, 0.1) is 11.3 Å². The van der Waals surface area contributed by atoms with Crippen LogP contribution >= 0.6 is 0 Å². The van der Waals surface area contributed by atoms with Crippen molar-refractivity contribution >= 4 is 6.09 Å². The molecule has 0 aromatic carbocycles. The summed E-state index contributed by atoms with van der Waals surface area (Å²) in [7, 11) is 0. The van der Waals surface area contributed by atoms with Crippen molar-refractivity contribution in [1.82, 2.24) is 10.6 Å². The minimum atomic E-state index is -0.421. The lowest BCUT2D eigenvalue weighted by molar-refractivity contribution is -0.0614. The molecule has 2 saturated carbocycles. The molecular formula is C17H32N2O2. The van der Waals surface area contributed by atoms with Crippen LogP contribution in [-0.4, -0.2) is 30.3 Å². The molecule has 1 amide bonds. The quantitative estimate of drug-likeness (QED) is 0.817. The lowest BCUT2D eigenvalue weighted by Gasteiger charge is -2.61. The predicted octanol–water partition coefficient (Wildman–Crippen LogP) is 3.46. The predicted molar refractivity (Wildman–Crippen MR) is 85.3 cm³/mol. The highest BCUT2D eigenvalue weighted by Crippen LogP contribution is 2.56. The molecule has 0 aromatic rings. The van der Waals surface area contributed by atoms with E-state index in [4.69, 9.17) is 4.74 Å². The molecular weight excluding hydrogens is 264 g/mol. The molecule has 2 atom stereocenters. The Morgan fingerprint density at radius 3 is 2.43 bits per heavy atom. The van der Waals surface area contributed by atoms with E-state index >= 15 is 0 Å². The SMILES string of the molecule is CC(C)CCNC1CC(NC(=O)OC(C)(C)C)C12CCC2. The van der Waals surface area contributed by atoms with Gasteiger partial charge in [-0.1, -0.05) is 20.3 Å².